The van der Waals surface area contributed by atoms with Crippen LogP contribution >= 0.6 is 0 Å². The van der Waals surface area contributed by atoms with Crippen molar-refractivity contribution in [2.24, 2.45) is 10.2 Å². The largest absolute Gasteiger partial charge is 1.00 e. The number of anilines is 4. The van der Waals surface area contributed by atoms with E-state index in [1.807, 2.05) is 119 Å². The number of para-hydroxylation sites is 4. The summed E-state index contributed by atoms with van der Waals surface area (Å²) in [6.45, 7) is 0. The first-order chi connectivity index (χ1) is 22.8. The van der Waals surface area contributed by atoms with Crippen LogP contribution in [0.2, 0.25) is 0 Å². The minimum Gasteiger partial charge on any atom is -1.00 e. The summed E-state index contributed by atoms with van der Waals surface area (Å²) >= 11 is 0. The average Bonchev–Trinajstić information content (AvgIpc) is 3.81. The van der Waals surface area contributed by atoms with Gasteiger partial charge in [-0.2, -0.15) is 10.9 Å². The molecule has 0 spiro atoms. The lowest BCUT2D eigenvalue weighted by atomic mass is 10.2. The fourth-order valence-corrected chi connectivity index (χ4v) is 5.19. The van der Waals surface area contributed by atoms with Crippen molar-refractivity contribution < 1.29 is 35.7 Å². The van der Waals surface area contributed by atoms with Gasteiger partial charge in [0.25, 0.3) is 11.7 Å². The zero-order valence-corrected chi connectivity index (χ0v) is 27.4. The summed E-state index contributed by atoms with van der Waals surface area (Å²) in [6, 6.07) is 61.3. The van der Waals surface area contributed by atoms with Crippen molar-refractivity contribution >= 4 is 34.4 Å². The van der Waals surface area contributed by atoms with Crippen LogP contribution in [0.5, 0.6) is 0 Å². The Morgan fingerprint density at radius 2 is 0.562 bits per heavy atom. The maximum Gasteiger partial charge on any atom is 0.277 e. The molecule has 4 N–H and O–H groups in total. The summed E-state index contributed by atoms with van der Waals surface area (Å²) in [5, 5.41) is 17.6. The quantitative estimate of drug-likeness (QED) is 0.235. The summed E-state index contributed by atoms with van der Waals surface area (Å²) in [5.41, 5.74) is 10.5. The third-order valence-corrected chi connectivity index (χ3v) is 7.46. The Bertz CT molecular complexity index is 1760. The van der Waals surface area contributed by atoms with E-state index in [1.165, 1.54) is 0 Å². The van der Waals surface area contributed by atoms with Crippen LogP contribution < -0.4 is 56.1 Å². The van der Waals surface area contributed by atoms with Gasteiger partial charge in [-0.15, -0.1) is 20.5 Å². The van der Waals surface area contributed by atoms with Crippen molar-refractivity contribution in [3.63, 3.8) is 0 Å². The number of quaternary nitrogens is 2. The first kappa shape index (κ1) is 33.7. The van der Waals surface area contributed by atoms with Crippen molar-refractivity contribution in [2.75, 3.05) is 20.5 Å². The van der Waals surface area contributed by atoms with E-state index in [1.54, 1.807) is 0 Å². The van der Waals surface area contributed by atoms with Gasteiger partial charge >= 0.3 is 0 Å². The second kappa shape index (κ2) is 16.3. The highest BCUT2D eigenvalue weighted by Gasteiger charge is 2.32. The average molecular weight is 674 g/mol. The molecule has 2 heterocycles. The van der Waals surface area contributed by atoms with Gasteiger partial charge < -0.3 is 24.8 Å². The van der Waals surface area contributed by atoms with E-state index in [2.05, 4.69) is 93.9 Å². The van der Waals surface area contributed by atoms with Crippen LogP contribution in [0.3, 0.4) is 0 Å². The molecule has 0 atom stereocenters. The van der Waals surface area contributed by atoms with Crippen LogP contribution in [0.15, 0.2) is 192 Å². The third kappa shape index (κ3) is 7.66. The molecule has 48 heavy (non-hydrogen) atoms. The molecule has 8 nitrogen and oxygen atoms in total. The molecule has 8 rings (SSSR count). The van der Waals surface area contributed by atoms with Crippen LogP contribution in [-0.2, 0) is 0 Å². The molecule has 0 fully saturated rings. The number of hydrazine groups is 2. The van der Waals surface area contributed by atoms with Crippen LogP contribution in [0.4, 0.5) is 22.7 Å². The standard InChI is InChI=1S/2C19H16N4.2ClH/c2*1-4-10-16(11-5-1)19-20-22(17-12-6-2-7-13-17)23(21-19)18-14-8-3-9-15-18;;/h2*1-15H,(H,20,21);2*1H. The normalized spacial score (nSPS) is 13.4. The first-order valence-corrected chi connectivity index (χ1v) is 15.2. The Kier molecular flexibility index (Phi) is 11.4. The molecule has 0 radical (unpaired) electrons. The molecule has 0 bridgehead atoms. The maximum absolute atomic E-state index is 4.81. The molecular formula is C38H34Cl2N8. The molecule has 0 unspecified atom stereocenters. The van der Waals surface area contributed by atoms with Gasteiger partial charge in [0.1, 0.15) is 11.4 Å². The number of rotatable bonds is 6. The summed E-state index contributed by atoms with van der Waals surface area (Å²) < 4.78 is 0. The van der Waals surface area contributed by atoms with Crippen molar-refractivity contribution in [3.05, 3.63) is 193 Å². The second-order valence-corrected chi connectivity index (χ2v) is 10.6. The number of benzene rings is 6. The molecule has 0 aromatic heterocycles. The predicted molar refractivity (Wildman–Crippen MR) is 185 cm³/mol. The molecule has 2 aliphatic rings. The molecule has 6 aromatic rings. The van der Waals surface area contributed by atoms with Gasteiger partial charge in [0.2, 0.25) is 0 Å². The number of nitrogens with zero attached hydrogens (tertiary/aromatic N) is 6. The van der Waals surface area contributed by atoms with Gasteiger partial charge in [-0.3, -0.25) is 0 Å². The van der Waals surface area contributed by atoms with Crippen molar-refractivity contribution in [3.8, 4) is 0 Å². The zero-order valence-electron chi connectivity index (χ0n) is 25.9. The van der Waals surface area contributed by atoms with E-state index < -0.39 is 0 Å². The second-order valence-electron chi connectivity index (χ2n) is 10.6. The Balaban J connectivity index is 0.000000180. The molecule has 240 valence electrons. The highest BCUT2D eigenvalue weighted by atomic mass is 35.5. The molecule has 0 amide bonds. The highest BCUT2D eigenvalue weighted by Crippen LogP contribution is 2.23. The molecule has 2 aliphatic heterocycles. The number of amidine groups is 2. The monoisotopic (exact) mass is 672 g/mol. The van der Waals surface area contributed by atoms with Crippen molar-refractivity contribution in [1.29, 1.82) is 0 Å². The third-order valence-electron chi connectivity index (χ3n) is 7.46. The Morgan fingerprint density at radius 3 is 0.854 bits per heavy atom. The summed E-state index contributed by atoms with van der Waals surface area (Å²) in [6.07, 6.45) is 0. The van der Waals surface area contributed by atoms with E-state index in [-0.39, 0.29) is 24.8 Å². The Labute approximate surface area is 292 Å². The highest BCUT2D eigenvalue weighted by molar-refractivity contribution is 5.94. The van der Waals surface area contributed by atoms with Gasteiger partial charge in [-0.1, -0.05) is 119 Å². The van der Waals surface area contributed by atoms with E-state index in [9.17, 15) is 0 Å². The fourth-order valence-electron chi connectivity index (χ4n) is 5.19. The SMILES string of the molecule is [Cl-].[Cl-].c1ccc(C2=NN(c3ccccc3)N(c3ccccc3)[NH2+]2)cc1.c1ccc(C2=NN(c3ccccc3)N(c3ccccc3)[NH2+]2)cc1. The van der Waals surface area contributed by atoms with E-state index >= 15 is 0 Å². The van der Waals surface area contributed by atoms with Gasteiger partial charge in [-0.05, 0) is 72.8 Å². The van der Waals surface area contributed by atoms with E-state index in [4.69, 9.17) is 10.2 Å². The summed E-state index contributed by atoms with van der Waals surface area (Å²) in [4.78, 5) is 0. The number of hydrazone groups is 2. The van der Waals surface area contributed by atoms with Crippen LogP contribution in [0, 0.1) is 0 Å². The van der Waals surface area contributed by atoms with Gasteiger partial charge in [0, 0.05) is 0 Å². The Morgan fingerprint density at radius 1 is 0.312 bits per heavy atom. The van der Waals surface area contributed by atoms with Crippen LogP contribution in [0.25, 0.3) is 0 Å². The smallest absolute Gasteiger partial charge is 0.277 e. The number of nitrogens with two attached hydrogens (primary N) is 2. The van der Waals surface area contributed by atoms with Gasteiger partial charge in [0.15, 0.2) is 0 Å². The molecule has 0 saturated carbocycles. The number of halogens is 2. The van der Waals surface area contributed by atoms with Gasteiger partial charge in [-0.25, -0.2) is 0 Å². The topological polar surface area (TPSA) is 70.9 Å². The van der Waals surface area contributed by atoms with Crippen LogP contribution in [-0.4, -0.2) is 11.7 Å². The van der Waals surface area contributed by atoms with Crippen molar-refractivity contribution in [2.45, 2.75) is 0 Å². The lowest BCUT2D eigenvalue weighted by molar-refractivity contribution is -0.545. The lowest BCUT2D eigenvalue weighted by Crippen LogP contribution is -3.00. The number of hydrogen-bond acceptors (Lipinski definition) is 6. The fraction of sp³-hybridized carbons (Fsp3) is 0. The first-order valence-electron chi connectivity index (χ1n) is 15.2. The molecular weight excluding hydrogens is 639 g/mol. The summed E-state index contributed by atoms with van der Waals surface area (Å²) in [7, 11) is 0. The maximum atomic E-state index is 4.81. The summed E-state index contributed by atoms with van der Waals surface area (Å²) in [5.74, 6) is 1.89. The zero-order chi connectivity index (χ0) is 31.0. The molecule has 10 heteroatoms. The van der Waals surface area contributed by atoms with E-state index in [0.29, 0.717) is 0 Å². The molecule has 6 aromatic carbocycles. The molecule has 0 saturated heterocycles. The van der Waals surface area contributed by atoms with E-state index in [0.717, 1.165) is 45.5 Å². The molecule has 0 aliphatic carbocycles. The van der Waals surface area contributed by atoms with Crippen LogP contribution in [0.1, 0.15) is 11.1 Å². The van der Waals surface area contributed by atoms with Gasteiger partial charge in [0.05, 0.1) is 22.5 Å². The Hall–Kier alpha value is -5.64. The predicted octanol–water partition coefficient (Wildman–Crippen LogP) is -0.455. The van der Waals surface area contributed by atoms with Crippen molar-refractivity contribution in [1.82, 2.24) is 0 Å². The number of hydrogen-bond donors (Lipinski definition) is 2. The minimum absolute atomic E-state index is 0. The lowest BCUT2D eigenvalue weighted by Gasteiger charge is -2.23. The minimum atomic E-state index is 0.